The third-order valence-electron chi connectivity index (χ3n) is 3.76. The van der Waals surface area contributed by atoms with Crippen LogP contribution in [0.15, 0.2) is 30.6 Å². The van der Waals surface area contributed by atoms with Crippen LogP contribution in [-0.2, 0) is 11.2 Å². The highest BCUT2D eigenvalue weighted by Gasteiger charge is 2.14. The summed E-state index contributed by atoms with van der Waals surface area (Å²) in [5.41, 5.74) is 2.43. The number of carbonyl (C=O) groups is 1. The highest BCUT2D eigenvalue weighted by atomic mass is 32.1. The number of hydrogen-bond donors (Lipinski definition) is 0. The Hall–Kier alpha value is -2.78. The maximum Gasteiger partial charge on any atom is 0.226 e. The van der Waals surface area contributed by atoms with Crippen LogP contribution >= 0.6 is 11.3 Å². The van der Waals surface area contributed by atoms with Crippen LogP contribution in [0.3, 0.4) is 0 Å². The molecule has 3 aromatic rings. The number of aromatic nitrogens is 2. The summed E-state index contributed by atoms with van der Waals surface area (Å²) >= 11 is 1.59. The number of nitrogens with zero attached hydrogens (tertiary/aromatic N) is 3. The van der Waals surface area contributed by atoms with Gasteiger partial charge in [-0.1, -0.05) is 12.1 Å². The monoisotopic (exact) mass is 337 g/mol. The molecule has 2 heterocycles. The fourth-order valence-electron chi connectivity index (χ4n) is 2.44. The average molecular weight is 337 g/mol. The second kappa shape index (κ2) is 6.77. The standard InChI is InChI=1S/C18H15N3O2S/c1-11-12(2)24-18-16(11)17(20-10-21-18)23-9-15(22)7-13-4-3-5-14(6-13)8-19/h3-6,10H,7,9H2,1-2H3. The second-order valence-corrected chi connectivity index (χ2v) is 6.66. The Morgan fingerprint density at radius 3 is 2.96 bits per heavy atom. The molecule has 0 aliphatic rings. The van der Waals surface area contributed by atoms with E-state index in [0.717, 1.165) is 26.2 Å². The van der Waals surface area contributed by atoms with E-state index in [1.54, 1.807) is 29.5 Å². The Labute approximate surface area is 143 Å². The minimum Gasteiger partial charge on any atom is -0.469 e. The minimum atomic E-state index is -0.0681. The summed E-state index contributed by atoms with van der Waals surface area (Å²) in [5.74, 6) is 0.377. The molecule has 0 spiro atoms. The van der Waals surface area contributed by atoms with Crippen molar-refractivity contribution >= 4 is 27.3 Å². The molecule has 24 heavy (non-hydrogen) atoms. The molecule has 0 fully saturated rings. The molecule has 1 aromatic carbocycles. The van der Waals surface area contributed by atoms with Gasteiger partial charge in [0.1, 0.15) is 17.8 Å². The van der Waals surface area contributed by atoms with E-state index in [1.165, 1.54) is 6.33 Å². The third-order valence-corrected chi connectivity index (χ3v) is 4.87. The van der Waals surface area contributed by atoms with Gasteiger partial charge in [0.25, 0.3) is 0 Å². The molecular formula is C18H15N3O2S. The average Bonchev–Trinajstić information content (AvgIpc) is 2.88. The molecule has 0 saturated carbocycles. The lowest BCUT2D eigenvalue weighted by Crippen LogP contribution is -2.14. The van der Waals surface area contributed by atoms with E-state index in [2.05, 4.69) is 16.0 Å². The van der Waals surface area contributed by atoms with Crippen LogP contribution in [0.1, 0.15) is 21.6 Å². The van der Waals surface area contributed by atoms with E-state index in [0.29, 0.717) is 11.4 Å². The zero-order valence-corrected chi connectivity index (χ0v) is 14.2. The normalized spacial score (nSPS) is 10.5. The SMILES string of the molecule is Cc1sc2ncnc(OCC(=O)Cc3cccc(C#N)c3)c2c1C. The van der Waals surface area contributed by atoms with Gasteiger partial charge >= 0.3 is 0 Å². The minimum absolute atomic E-state index is 0.0583. The second-order valence-electron chi connectivity index (χ2n) is 5.46. The van der Waals surface area contributed by atoms with Crippen molar-refractivity contribution in [2.45, 2.75) is 20.3 Å². The molecule has 0 saturated heterocycles. The summed E-state index contributed by atoms with van der Waals surface area (Å²) in [6.45, 7) is 3.97. The largest absolute Gasteiger partial charge is 0.469 e. The number of ketones is 1. The predicted octanol–water partition coefficient (Wildman–Crippen LogP) is 3.37. The van der Waals surface area contributed by atoms with E-state index in [1.807, 2.05) is 19.9 Å². The number of thiophene rings is 1. The van der Waals surface area contributed by atoms with E-state index < -0.39 is 0 Å². The number of fused-ring (bicyclic) bond motifs is 1. The summed E-state index contributed by atoms with van der Waals surface area (Å²) in [5, 5.41) is 9.78. The van der Waals surface area contributed by atoms with Crippen LogP contribution in [0, 0.1) is 25.2 Å². The number of nitriles is 1. The van der Waals surface area contributed by atoms with Crippen molar-refractivity contribution < 1.29 is 9.53 Å². The topological polar surface area (TPSA) is 75.9 Å². The molecule has 0 aliphatic carbocycles. The number of aryl methyl sites for hydroxylation is 2. The number of hydrogen-bond acceptors (Lipinski definition) is 6. The first-order chi connectivity index (χ1) is 11.6. The van der Waals surface area contributed by atoms with Crippen molar-refractivity contribution in [3.8, 4) is 11.9 Å². The highest BCUT2D eigenvalue weighted by molar-refractivity contribution is 7.18. The molecule has 0 aliphatic heterocycles. The molecule has 3 rings (SSSR count). The Bertz CT molecular complexity index is 957. The van der Waals surface area contributed by atoms with Gasteiger partial charge in [-0.3, -0.25) is 4.79 Å². The number of ether oxygens (including phenoxy) is 1. The van der Waals surface area contributed by atoms with Gasteiger partial charge in [0.05, 0.1) is 17.0 Å². The van der Waals surface area contributed by atoms with Crippen molar-refractivity contribution in [3.63, 3.8) is 0 Å². The Balaban J connectivity index is 1.72. The number of carbonyl (C=O) groups excluding carboxylic acids is 1. The van der Waals surface area contributed by atoms with E-state index in [4.69, 9.17) is 10.00 Å². The van der Waals surface area contributed by atoms with Gasteiger partial charge in [-0.05, 0) is 37.1 Å². The summed E-state index contributed by atoms with van der Waals surface area (Å²) in [6.07, 6.45) is 1.68. The van der Waals surface area contributed by atoms with Crippen molar-refractivity contribution in [2.24, 2.45) is 0 Å². The van der Waals surface area contributed by atoms with E-state index in [-0.39, 0.29) is 18.8 Å². The van der Waals surface area contributed by atoms with Gasteiger partial charge in [0.15, 0.2) is 5.78 Å². The molecule has 0 atom stereocenters. The van der Waals surface area contributed by atoms with Crippen LogP contribution in [0.4, 0.5) is 0 Å². The number of Topliss-reactive ketones (excluding diaryl/α,β-unsaturated/α-hetero) is 1. The van der Waals surface area contributed by atoms with Crippen LogP contribution in [0.5, 0.6) is 5.88 Å². The quantitative estimate of drug-likeness (QED) is 0.713. The van der Waals surface area contributed by atoms with Crippen molar-refractivity contribution in [1.29, 1.82) is 5.26 Å². The third kappa shape index (κ3) is 3.26. The zero-order valence-electron chi connectivity index (χ0n) is 13.4. The maximum absolute atomic E-state index is 12.2. The van der Waals surface area contributed by atoms with Gasteiger partial charge in [-0.25, -0.2) is 9.97 Å². The summed E-state index contributed by atoms with van der Waals surface area (Å²) in [7, 11) is 0. The maximum atomic E-state index is 12.2. The molecule has 0 N–H and O–H groups in total. The van der Waals surface area contributed by atoms with E-state index in [9.17, 15) is 4.79 Å². The Morgan fingerprint density at radius 2 is 2.17 bits per heavy atom. The molecule has 2 aromatic heterocycles. The van der Waals surface area contributed by atoms with Crippen LogP contribution < -0.4 is 4.74 Å². The first-order valence-corrected chi connectivity index (χ1v) is 8.24. The van der Waals surface area contributed by atoms with Crippen LogP contribution in [0.25, 0.3) is 10.2 Å². The summed E-state index contributed by atoms with van der Waals surface area (Å²) in [4.78, 5) is 22.6. The van der Waals surface area contributed by atoms with Crippen molar-refractivity contribution in [1.82, 2.24) is 9.97 Å². The van der Waals surface area contributed by atoms with Gasteiger partial charge in [0.2, 0.25) is 5.88 Å². The van der Waals surface area contributed by atoms with Gasteiger partial charge in [-0.2, -0.15) is 5.26 Å². The first-order valence-electron chi connectivity index (χ1n) is 7.42. The molecule has 0 amide bonds. The zero-order chi connectivity index (χ0) is 17.1. The van der Waals surface area contributed by atoms with E-state index >= 15 is 0 Å². The fourth-order valence-corrected chi connectivity index (χ4v) is 3.43. The smallest absolute Gasteiger partial charge is 0.226 e. The first kappa shape index (κ1) is 16.1. The summed E-state index contributed by atoms with van der Waals surface area (Å²) < 4.78 is 5.65. The summed E-state index contributed by atoms with van der Waals surface area (Å²) in [6, 6.07) is 9.10. The molecule has 5 nitrogen and oxygen atoms in total. The Morgan fingerprint density at radius 1 is 1.33 bits per heavy atom. The van der Waals surface area contributed by atoms with Gasteiger partial charge in [-0.15, -0.1) is 11.3 Å². The molecule has 0 radical (unpaired) electrons. The van der Waals surface area contributed by atoms with Gasteiger partial charge in [0, 0.05) is 11.3 Å². The van der Waals surface area contributed by atoms with Crippen molar-refractivity contribution in [2.75, 3.05) is 6.61 Å². The fraction of sp³-hybridized carbons (Fsp3) is 0.222. The lowest BCUT2D eigenvalue weighted by molar-refractivity contribution is -0.120. The molecule has 6 heteroatoms. The molecule has 120 valence electrons. The molecule has 0 bridgehead atoms. The lowest BCUT2D eigenvalue weighted by Gasteiger charge is -2.06. The molecular weight excluding hydrogens is 322 g/mol. The molecule has 0 unspecified atom stereocenters. The van der Waals surface area contributed by atoms with Crippen LogP contribution in [-0.4, -0.2) is 22.4 Å². The van der Waals surface area contributed by atoms with Gasteiger partial charge < -0.3 is 4.74 Å². The lowest BCUT2D eigenvalue weighted by atomic mass is 10.1. The highest BCUT2D eigenvalue weighted by Crippen LogP contribution is 2.33. The Kier molecular flexibility index (Phi) is 4.54. The van der Waals surface area contributed by atoms with Crippen LogP contribution in [0.2, 0.25) is 0 Å². The van der Waals surface area contributed by atoms with Crippen molar-refractivity contribution in [3.05, 3.63) is 52.2 Å². The number of rotatable bonds is 5. The predicted molar refractivity (Wildman–Crippen MR) is 92.3 cm³/mol. The number of benzene rings is 1.